The van der Waals surface area contributed by atoms with Gasteiger partial charge in [0.05, 0.1) is 5.56 Å². The van der Waals surface area contributed by atoms with Crippen molar-refractivity contribution in [3.8, 4) is 0 Å². The molecular weight excluding hydrogens is 454 g/mol. The van der Waals surface area contributed by atoms with Crippen LogP contribution in [0.3, 0.4) is 0 Å². The van der Waals surface area contributed by atoms with Crippen LogP contribution in [0.15, 0.2) is 93.8 Å². The van der Waals surface area contributed by atoms with Gasteiger partial charge in [0.1, 0.15) is 5.71 Å². The van der Waals surface area contributed by atoms with Crippen LogP contribution in [-0.2, 0) is 4.84 Å². The van der Waals surface area contributed by atoms with Gasteiger partial charge in [0.2, 0.25) is 5.78 Å². The van der Waals surface area contributed by atoms with E-state index in [1.54, 1.807) is 36.0 Å². The van der Waals surface area contributed by atoms with Crippen LogP contribution in [0.5, 0.6) is 0 Å². The van der Waals surface area contributed by atoms with Crippen molar-refractivity contribution >= 4 is 29.2 Å². The van der Waals surface area contributed by atoms with E-state index in [0.717, 1.165) is 16.2 Å². The maximum absolute atomic E-state index is 13.3. The molecule has 0 aliphatic heterocycles. The van der Waals surface area contributed by atoms with E-state index in [2.05, 4.69) is 36.3 Å². The fourth-order valence-corrected chi connectivity index (χ4v) is 5.14. The second-order valence-corrected chi connectivity index (χ2v) is 10.2. The fourth-order valence-electron chi connectivity index (χ4n) is 4.32. The molecular formula is C30H31NO3S. The van der Waals surface area contributed by atoms with Gasteiger partial charge in [-0.3, -0.25) is 4.79 Å². The molecule has 1 aliphatic rings. The van der Waals surface area contributed by atoms with Crippen molar-refractivity contribution in [2.45, 2.75) is 61.7 Å². The third-order valence-corrected chi connectivity index (χ3v) is 7.41. The summed E-state index contributed by atoms with van der Waals surface area (Å²) in [5.74, 6) is -0.146. The van der Waals surface area contributed by atoms with Gasteiger partial charge in [0, 0.05) is 15.4 Å². The molecule has 0 aromatic heterocycles. The Balaban J connectivity index is 1.46. The Morgan fingerprint density at radius 3 is 2.11 bits per heavy atom. The Morgan fingerprint density at radius 1 is 0.829 bits per heavy atom. The summed E-state index contributed by atoms with van der Waals surface area (Å²) in [4.78, 5) is 33.2. The van der Waals surface area contributed by atoms with Gasteiger partial charge in [-0.05, 0) is 74.2 Å². The normalized spacial score (nSPS) is 14.5. The van der Waals surface area contributed by atoms with Crippen LogP contribution in [-0.4, -0.2) is 17.5 Å². The monoisotopic (exact) mass is 485 g/mol. The molecule has 4 rings (SSSR count). The summed E-state index contributed by atoms with van der Waals surface area (Å²) < 4.78 is 0. The molecule has 1 fully saturated rings. The molecule has 1 saturated carbocycles. The Kier molecular flexibility index (Phi) is 8.90. The van der Waals surface area contributed by atoms with Crippen LogP contribution >= 0.6 is 11.8 Å². The summed E-state index contributed by atoms with van der Waals surface area (Å²) in [7, 11) is 0. The predicted octanol–water partition coefficient (Wildman–Crippen LogP) is 7.90. The summed E-state index contributed by atoms with van der Waals surface area (Å²) in [6.07, 6.45) is 7.55. The smallest absolute Gasteiger partial charge is 0.312 e. The molecule has 4 nitrogen and oxygen atoms in total. The van der Waals surface area contributed by atoms with Gasteiger partial charge in [0.15, 0.2) is 0 Å². The number of carbonyl (C=O) groups excluding carboxylic acids is 2. The highest BCUT2D eigenvalue weighted by molar-refractivity contribution is 7.99. The second-order valence-electron chi connectivity index (χ2n) is 9.09. The minimum Gasteiger partial charge on any atom is -0.312 e. The number of hydrogen-bond donors (Lipinski definition) is 0. The lowest BCUT2D eigenvalue weighted by Gasteiger charge is -2.21. The van der Waals surface area contributed by atoms with Crippen molar-refractivity contribution in [2.24, 2.45) is 11.1 Å². The largest absolute Gasteiger partial charge is 0.365 e. The molecule has 0 heterocycles. The van der Waals surface area contributed by atoms with Gasteiger partial charge >= 0.3 is 5.97 Å². The number of Topliss-reactive ketones (excluding diaryl/α,β-unsaturated/α-hetero) is 1. The van der Waals surface area contributed by atoms with Crippen LogP contribution in [0.1, 0.15) is 71.2 Å². The van der Waals surface area contributed by atoms with E-state index < -0.39 is 5.97 Å². The molecule has 3 aromatic carbocycles. The lowest BCUT2D eigenvalue weighted by Crippen LogP contribution is -2.18. The predicted molar refractivity (Wildman–Crippen MR) is 141 cm³/mol. The highest BCUT2D eigenvalue weighted by atomic mass is 32.2. The van der Waals surface area contributed by atoms with Crippen molar-refractivity contribution in [2.75, 3.05) is 0 Å². The molecule has 5 heteroatoms. The Labute approximate surface area is 211 Å². The average molecular weight is 486 g/mol. The van der Waals surface area contributed by atoms with Gasteiger partial charge in [-0.2, -0.15) is 0 Å². The van der Waals surface area contributed by atoms with Crippen LogP contribution < -0.4 is 0 Å². The summed E-state index contributed by atoms with van der Waals surface area (Å²) in [5, 5.41) is 4.07. The number of hydrogen-bond acceptors (Lipinski definition) is 5. The summed E-state index contributed by atoms with van der Waals surface area (Å²) in [6, 6.07) is 24.6. The lowest BCUT2D eigenvalue weighted by molar-refractivity contribution is 0.0514. The molecule has 3 aromatic rings. The first-order chi connectivity index (χ1) is 17.1. The second kappa shape index (κ2) is 12.5. The number of carbonyl (C=O) groups is 2. The highest BCUT2D eigenvalue weighted by Crippen LogP contribution is 2.29. The summed E-state index contributed by atoms with van der Waals surface area (Å²) in [6.45, 7) is 2.07. The SMILES string of the molecule is Cc1ccc(Sc2ccc(C(=O)/C(CCC3CCCCC3)=N/OC(=O)c3ccccc3)cc2)cc1. The van der Waals surface area contributed by atoms with E-state index >= 15 is 0 Å². The average Bonchev–Trinajstić information content (AvgIpc) is 2.91. The van der Waals surface area contributed by atoms with Gasteiger partial charge < -0.3 is 4.84 Å². The first kappa shape index (κ1) is 24.9. The van der Waals surface area contributed by atoms with Crippen LogP contribution in [0, 0.1) is 12.8 Å². The van der Waals surface area contributed by atoms with Gasteiger partial charge in [-0.25, -0.2) is 4.79 Å². The maximum atomic E-state index is 13.3. The minimum absolute atomic E-state index is 0.187. The van der Waals surface area contributed by atoms with Crippen molar-refractivity contribution in [3.63, 3.8) is 0 Å². The van der Waals surface area contributed by atoms with E-state index in [9.17, 15) is 9.59 Å². The molecule has 0 spiro atoms. The number of ketones is 1. The highest BCUT2D eigenvalue weighted by Gasteiger charge is 2.20. The summed E-state index contributed by atoms with van der Waals surface area (Å²) in [5.41, 5.74) is 2.49. The zero-order chi connectivity index (χ0) is 24.5. The van der Waals surface area contributed by atoms with E-state index in [0.29, 0.717) is 29.2 Å². The zero-order valence-corrected chi connectivity index (χ0v) is 20.9. The van der Waals surface area contributed by atoms with Crippen molar-refractivity contribution in [3.05, 3.63) is 95.6 Å². The van der Waals surface area contributed by atoms with Crippen molar-refractivity contribution in [1.29, 1.82) is 0 Å². The molecule has 0 atom stereocenters. The minimum atomic E-state index is -0.557. The fraction of sp³-hybridized carbons (Fsp3) is 0.300. The third kappa shape index (κ3) is 7.40. The van der Waals surface area contributed by atoms with Crippen molar-refractivity contribution < 1.29 is 14.4 Å². The molecule has 0 unspecified atom stereocenters. The molecule has 35 heavy (non-hydrogen) atoms. The molecule has 0 saturated heterocycles. The quantitative estimate of drug-likeness (QED) is 0.134. The van der Waals surface area contributed by atoms with E-state index in [1.165, 1.54) is 37.7 Å². The molecule has 0 bridgehead atoms. The van der Waals surface area contributed by atoms with Gasteiger partial charge in [0.25, 0.3) is 0 Å². The number of nitrogens with zero attached hydrogens (tertiary/aromatic N) is 1. The number of aryl methyl sites for hydroxylation is 1. The van der Waals surface area contributed by atoms with Gasteiger partial charge in [-0.15, -0.1) is 0 Å². The lowest BCUT2D eigenvalue weighted by atomic mass is 9.85. The van der Waals surface area contributed by atoms with Crippen LogP contribution in [0.25, 0.3) is 0 Å². The maximum Gasteiger partial charge on any atom is 0.365 e. The number of rotatable bonds is 9. The molecule has 180 valence electrons. The molecule has 0 amide bonds. The van der Waals surface area contributed by atoms with Crippen LogP contribution in [0.2, 0.25) is 0 Å². The first-order valence-corrected chi connectivity index (χ1v) is 13.1. The topological polar surface area (TPSA) is 55.7 Å². The standard InChI is InChI=1S/C30H31NO3S/c1-22-12-17-26(18-13-22)35-27-19-15-24(16-20-27)29(32)28(21-14-23-8-4-2-5-9-23)31-34-30(33)25-10-6-3-7-11-25/h3,6-7,10-13,15-20,23H,2,4-5,8-9,14,21H2,1H3/b31-28+. The van der Waals surface area contributed by atoms with E-state index in [-0.39, 0.29) is 5.78 Å². The Hall–Kier alpha value is -3.18. The first-order valence-electron chi connectivity index (χ1n) is 12.3. The number of benzene rings is 3. The van der Waals surface area contributed by atoms with E-state index in [4.69, 9.17) is 4.84 Å². The zero-order valence-electron chi connectivity index (χ0n) is 20.1. The third-order valence-electron chi connectivity index (χ3n) is 6.40. The van der Waals surface area contributed by atoms with E-state index in [1.807, 2.05) is 30.3 Å². The Bertz CT molecular complexity index is 1150. The molecule has 0 radical (unpaired) electrons. The summed E-state index contributed by atoms with van der Waals surface area (Å²) >= 11 is 1.66. The molecule has 0 N–H and O–H groups in total. The van der Waals surface area contributed by atoms with Crippen LogP contribution in [0.4, 0.5) is 0 Å². The molecule has 1 aliphatic carbocycles. The number of oxime groups is 1. The van der Waals surface area contributed by atoms with Gasteiger partial charge in [-0.1, -0.05) is 84.9 Å². The van der Waals surface area contributed by atoms with Crippen molar-refractivity contribution in [1.82, 2.24) is 0 Å². The Morgan fingerprint density at radius 2 is 1.46 bits per heavy atom.